The fourth-order valence-electron chi connectivity index (χ4n) is 2.29. The van der Waals surface area contributed by atoms with Crippen molar-refractivity contribution in [3.05, 3.63) is 59.2 Å². The number of amides is 2. The number of aryl methyl sites for hydroxylation is 1. The number of primary amides is 1. The van der Waals surface area contributed by atoms with Crippen LogP contribution in [0.25, 0.3) is 0 Å². The summed E-state index contributed by atoms with van der Waals surface area (Å²) in [5.41, 5.74) is 8.06. The molecular weight excluding hydrogens is 334 g/mol. The molecule has 0 aliphatic carbocycles. The van der Waals surface area contributed by atoms with Crippen molar-refractivity contribution in [2.24, 2.45) is 5.73 Å². The average molecular weight is 355 g/mol. The number of nitrogens with one attached hydrogen (secondary N) is 2. The lowest BCUT2D eigenvalue weighted by atomic mass is 10.1. The second kappa shape index (κ2) is 8.15. The maximum Gasteiger partial charge on any atom is 0.337 e. The van der Waals surface area contributed by atoms with Gasteiger partial charge in [-0.1, -0.05) is 6.07 Å². The number of benzene rings is 2. The molecule has 0 heterocycles. The molecule has 0 saturated carbocycles. The number of carbonyl (C=O) groups excluding carboxylic acids is 3. The summed E-state index contributed by atoms with van der Waals surface area (Å²) in [7, 11) is 1.31. The van der Waals surface area contributed by atoms with Crippen LogP contribution in [0, 0.1) is 6.92 Å². The Morgan fingerprint density at radius 3 is 2.23 bits per heavy atom. The molecule has 7 heteroatoms. The molecule has 0 fully saturated rings. The Kier molecular flexibility index (Phi) is 5.95. The molecule has 7 nitrogen and oxygen atoms in total. The number of nitrogens with two attached hydrogens (primary N) is 1. The number of carbonyl (C=O) groups is 3. The maximum absolute atomic E-state index is 12.4. The van der Waals surface area contributed by atoms with Crippen LogP contribution in [-0.4, -0.2) is 30.9 Å². The minimum Gasteiger partial charge on any atom is -0.465 e. The van der Waals surface area contributed by atoms with Crippen LogP contribution < -0.4 is 16.4 Å². The predicted molar refractivity (Wildman–Crippen MR) is 99.2 cm³/mol. The van der Waals surface area contributed by atoms with Gasteiger partial charge >= 0.3 is 5.97 Å². The van der Waals surface area contributed by atoms with Crippen molar-refractivity contribution in [3.63, 3.8) is 0 Å². The van der Waals surface area contributed by atoms with E-state index < -0.39 is 17.9 Å². The third-order valence-corrected chi connectivity index (χ3v) is 3.86. The van der Waals surface area contributed by atoms with Gasteiger partial charge in [0, 0.05) is 16.9 Å². The molecule has 2 amide bonds. The minimum absolute atomic E-state index is 0.264. The Labute approximate surface area is 151 Å². The van der Waals surface area contributed by atoms with Crippen molar-refractivity contribution in [1.82, 2.24) is 0 Å². The zero-order valence-electron chi connectivity index (χ0n) is 14.8. The molecule has 0 aliphatic rings. The lowest BCUT2D eigenvalue weighted by molar-refractivity contribution is -0.116. The number of rotatable bonds is 6. The van der Waals surface area contributed by atoms with Gasteiger partial charge in [0.25, 0.3) is 0 Å². The van der Waals surface area contributed by atoms with E-state index in [2.05, 4.69) is 10.6 Å². The number of methoxy groups -OCH3 is 1. The van der Waals surface area contributed by atoms with Crippen LogP contribution in [0.5, 0.6) is 0 Å². The third-order valence-electron chi connectivity index (χ3n) is 3.86. The zero-order valence-corrected chi connectivity index (χ0v) is 14.8. The molecule has 0 aliphatic heterocycles. The maximum atomic E-state index is 12.4. The van der Waals surface area contributed by atoms with Gasteiger partial charge in [0.05, 0.1) is 12.7 Å². The van der Waals surface area contributed by atoms with Gasteiger partial charge in [0.1, 0.15) is 6.04 Å². The summed E-state index contributed by atoms with van der Waals surface area (Å²) in [4.78, 5) is 35.1. The molecule has 2 rings (SSSR count). The number of anilines is 2. The highest BCUT2D eigenvalue weighted by atomic mass is 16.5. The summed E-state index contributed by atoms with van der Waals surface area (Å²) in [6.45, 7) is 3.58. The minimum atomic E-state index is -0.558. The van der Waals surface area contributed by atoms with E-state index in [0.717, 1.165) is 5.56 Å². The first-order chi connectivity index (χ1) is 12.3. The highest BCUT2D eigenvalue weighted by Crippen LogP contribution is 2.19. The normalized spacial score (nSPS) is 11.3. The fraction of sp³-hybridized carbons (Fsp3) is 0.211. The number of hydrogen-bond donors (Lipinski definition) is 3. The van der Waals surface area contributed by atoms with E-state index in [4.69, 9.17) is 10.5 Å². The number of hydrogen-bond acceptors (Lipinski definition) is 5. The second-order valence-corrected chi connectivity index (χ2v) is 5.82. The summed E-state index contributed by atoms with van der Waals surface area (Å²) < 4.78 is 4.71. The molecule has 0 aromatic heterocycles. The van der Waals surface area contributed by atoms with Gasteiger partial charge in [-0.3, -0.25) is 9.59 Å². The molecule has 0 saturated heterocycles. The van der Waals surface area contributed by atoms with Gasteiger partial charge in [0.15, 0.2) is 0 Å². The highest BCUT2D eigenvalue weighted by Gasteiger charge is 2.15. The van der Waals surface area contributed by atoms with Crippen LogP contribution in [0.4, 0.5) is 11.4 Å². The number of esters is 1. The molecular formula is C19H21N3O4. The SMILES string of the molecule is COC(=O)c1ccc(C)c(N[C@@H](C)C(=O)Nc2ccc(C(N)=O)cc2)c1. The van der Waals surface area contributed by atoms with Crippen LogP contribution in [-0.2, 0) is 9.53 Å². The van der Waals surface area contributed by atoms with E-state index in [0.29, 0.717) is 22.5 Å². The topological polar surface area (TPSA) is 111 Å². The summed E-state index contributed by atoms with van der Waals surface area (Å²) in [6.07, 6.45) is 0. The quantitative estimate of drug-likeness (QED) is 0.689. The Morgan fingerprint density at radius 2 is 1.65 bits per heavy atom. The molecule has 0 radical (unpaired) electrons. The molecule has 4 N–H and O–H groups in total. The molecule has 2 aromatic carbocycles. The van der Waals surface area contributed by atoms with Gasteiger partial charge in [-0.15, -0.1) is 0 Å². The molecule has 0 spiro atoms. The molecule has 0 unspecified atom stereocenters. The lowest BCUT2D eigenvalue weighted by Crippen LogP contribution is -2.32. The van der Waals surface area contributed by atoms with Crippen molar-refractivity contribution in [2.45, 2.75) is 19.9 Å². The molecule has 136 valence electrons. The number of ether oxygens (including phenoxy) is 1. The fourth-order valence-corrected chi connectivity index (χ4v) is 2.29. The van der Waals surface area contributed by atoms with Gasteiger partial charge < -0.3 is 21.1 Å². The Hall–Kier alpha value is -3.35. The first-order valence-electron chi connectivity index (χ1n) is 7.98. The lowest BCUT2D eigenvalue weighted by Gasteiger charge is -2.17. The van der Waals surface area contributed by atoms with E-state index in [-0.39, 0.29) is 5.91 Å². The van der Waals surface area contributed by atoms with Crippen molar-refractivity contribution in [2.75, 3.05) is 17.7 Å². The Balaban J connectivity index is 2.07. The van der Waals surface area contributed by atoms with Crippen molar-refractivity contribution in [3.8, 4) is 0 Å². The van der Waals surface area contributed by atoms with E-state index in [9.17, 15) is 14.4 Å². The van der Waals surface area contributed by atoms with Crippen LogP contribution in [0.1, 0.15) is 33.2 Å². The van der Waals surface area contributed by atoms with E-state index in [1.165, 1.54) is 7.11 Å². The summed E-state index contributed by atoms with van der Waals surface area (Å²) in [5.74, 6) is -1.24. The van der Waals surface area contributed by atoms with E-state index in [1.54, 1.807) is 49.4 Å². The predicted octanol–water partition coefficient (Wildman–Crippen LogP) is 2.32. The third kappa shape index (κ3) is 4.60. The molecule has 1 atom stereocenters. The molecule has 0 bridgehead atoms. The van der Waals surface area contributed by atoms with E-state index >= 15 is 0 Å². The standard InChI is InChI=1S/C19H21N3O4/c1-11-4-5-14(19(25)26-3)10-16(11)21-12(2)18(24)22-15-8-6-13(7-9-15)17(20)23/h4-10,12,21H,1-3H3,(H2,20,23)(H,22,24)/t12-/m0/s1. The van der Waals surface area contributed by atoms with Crippen molar-refractivity contribution >= 4 is 29.2 Å². The van der Waals surface area contributed by atoms with Crippen molar-refractivity contribution in [1.29, 1.82) is 0 Å². The average Bonchev–Trinajstić information content (AvgIpc) is 2.63. The van der Waals surface area contributed by atoms with E-state index in [1.807, 2.05) is 6.92 Å². The highest BCUT2D eigenvalue weighted by molar-refractivity contribution is 5.98. The van der Waals surface area contributed by atoms with Gasteiger partial charge in [0.2, 0.25) is 11.8 Å². The summed E-state index contributed by atoms with van der Waals surface area (Å²) in [5, 5.41) is 5.84. The Bertz CT molecular complexity index is 831. The Morgan fingerprint density at radius 1 is 1.04 bits per heavy atom. The van der Waals surface area contributed by atoms with Gasteiger partial charge in [-0.25, -0.2) is 4.79 Å². The van der Waals surface area contributed by atoms with Crippen molar-refractivity contribution < 1.29 is 19.1 Å². The summed E-state index contributed by atoms with van der Waals surface area (Å²) in [6, 6.07) is 10.8. The molecule has 2 aromatic rings. The monoisotopic (exact) mass is 355 g/mol. The molecule has 26 heavy (non-hydrogen) atoms. The van der Waals surface area contributed by atoms with Gasteiger partial charge in [-0.05, 0) is 55.8 Å². The van der Waals surface area contributed by atoms with Crippen LogP contribution in [0.2, 0.25) is 0 Å². The second-order valence-electron chi connectivity index (χ2n) is 5.82. The summed E-state index contributed by atoms with van der Waals surface area (Å²) >= 11 is 0. The van der Waals surface area contributed by atoms with Crippen LogP contribution in [0.3, 0.4) is 0 Å². The largest absolute Gasteiger partial charge is 0.465 e. The first kappa shape index (κ1) is 19.0. The van der Waals surface area contributed by atoms with Gasteiger partial charge in [-0.2, -0.15) is 0 Å². The van der Waals surface area contributed by atoms with Crippen LogP contribution >= 0.6 is 0 Å². The van der Waals surface area contributed by atoms with Crippen LogP contribution in [0.15, 0.2) is 42.5 Å². The first-order valence-corrected chi connectivity index (χ1v) is 7.98. The smallest absolute Gasteiger partial charge is 0.337 e. The zero-order chi connectivity index (χ0) is 19.3.